The number of aromatic nitrogens is 2. The van der Waals surface area contributed by atoms with Crippen molar-refractivity contribution in [2.45, 2.75) is 20.4 Å². The predicted octanol–water partition coefficient (Wildman–Crippen LogP) is 4.66. The molecule has 0 radical (unpaired) electrons. The molecule has 5 heteroatoms. The summed E-state index contributed by atoms with van der Waals surface area (Å²) in [7, 11) is 0. The van der Waals surface area contributed by atoms with Crippen LogP contribution in [0.2, 0.25) is 0 Å². The van der Waals surface area contributed by atoms with Crippen molar-refractivity contribution < 1.29 is 0 Å². The Labute approximate surface area is 161 Å². The van der Waals surface area contributed by atoms with Crippen molar-refractivity contribution in [1.29, 1.82) is 5.26 Å². The van der Waals surface area contributed by atoms with Crippen molar-refractivity contribution >= 4 is 21.6 Å². The number of rotatable bonds is 3. The minimum Gasteiger partial charge on any atom is -0.294 e. The zero-order valence-electron chi connectivity index (χ0n) is 15.1. The Balaban J connectivity index is 1.86. The highest BCUT2D eigenvalue weighted by molar-refractivity contribution is 7.17. The molecular formula is C22H17N3OS. The van der Waals surface area contributed by atoms with Gasteiger partial charge in [0.25, 0.3) is 5.56 Å². The molecule has 0 aliphatic carbocycles. The van der Waals surface area contributed by atoms with E-state index in [1.54, 1.807) is 17.0 Å². The molecule has 4 nitrogen and oxygen atoms in total. The highest BCUT2D eigenvalue weighted by Crippen LogP contribution is 2.31. The summed E-state index contributed by atoms with van der Waals surface area (Å²) in [6.45, 7) is 4.47. The number of benzene rings is 2. The third-order valence-electron chi connectivity index (χ3n) is 4.86. The summed E-state index contributed by atoms with van der Waals surface area (Å²) in [5.74, 6) is 0. The summed E-state index contributed by atoms with van der Waals surface area (Å²) < 4.78 is 1.58. The Morgan fingerprint density at radius 3 is 2.74 bits per heavy atom. The third kappa shape index (κ3) is 3.05. The number of aryl methyl sites for hydroxylation is 2. The fourth-order valence-electron chi connectivity index (χ4n) is 3.15. The second-order valence-corrected chi connectivity index (χ2v) is 7.43. The van der Waals surface area contributed by atoms with Gasteiger partial charge in [0.2, 0.25) is 0 Å². The molecule has 0 saturated carbocycles. The summed E-state index contributed by atoms with van der Waals surface area (Å²) in [5, 5.41) is 11.9. The quantitative estimate of drug-likeness (QED) is 0.526. The summed E-state index contributed by atoms with van der Waals surface area (Å²) in [6, 6.07) is 15.7. The number of nitrogens with zero attached hydrogens (tertiary/aromatic N) is 3. The second kappa shape index (κ2) is 6.82. The van der Waals surface area contributed by atoms with Crippen molar-refractivity contribution in [1.82, 2.24) is 9.55 Å². The summed E-state index contributed by atoms with van der Waals surface area (Å²) in [5.41, 5.74) is 5.66. The highest BCUT2D eigenvalue weighted by atomic mass is 32.1. The third-order valence-corrected chi connectivity index (χ3v) is 5.74. The molecule has 2 heterocycles. The Kier molecular flexibility index (Phi) is 4.35. The van der Waals surface area contributed by atoms with E-state index in [-0.39, 0.29) is 5.56 Å². The van der Waals surface area contributed by atoms with E-state index in [2.05, 4.69) is 37.0 Å². The van der Waals surface area contributed by atoms with Gasteiger partial charge in [0.1, 0.15) is 4.83 Å². The number of nitriles is 1. The molecular weight excluding hydrogens is 354 g/mol. The molecule has 0 saturated heterocycles. The lowest BCUT2D eigenvalue weighted by Crippen LogP contribution is -2.21. The van der Waals surface area contributed by atoms with Gasteiger partial charge in [-0.1, -0.05) is 36.4 Å². The van der Waals surface area contributed by atoms with Crippen molar-refractivity contribution in [2.24, 2.45) is 0 Å². The predicted molar refractivity (Wildman–Crippen MR) is 109 cm³/mol. The Bertz CT molecular complexity index is 1260. The van der Waals surface area contributed by atoms with Crippen LogP contribution in [0.3, 0.4) is 0 Å². The molecule has 0 N–H and O–H groups in total. The van der Waals surface area contributed by atoms with Gasteiger partial charge in [-0.05, 0) is 42.2 Å². The van der Waals surface area contributed by atoms with Gasteiger partial charge in [-0.2, -0.15) is 5.26 Å². The van der Waals surface area contributed by atoms with E-state index in [1.807, 2.05) is 29.6 Å². The molecule has 0 unspecified atom stereocenters. The molecule has 0 aliphatic rings. The van der Waals surface area contributed by atoms with Gasteiger partial charge in [-0.25, -0.2) is 4.98 Å². The van der Waals surface area contributed by atoms with Crippen LogP contribution in [0.25, 0.3) is 21.3 Å². The molecule has 27 heavy (non-hydrogen) atoms. The number of thiophene rings is 1. The van der Waals surface area contributed by atoms with Gasteiger partial charge >= 0.3 is 0 Å². The number of hydrogen-bond acceptors (Lipinski definition) is 4. The molecule has 0 spiro atoms. The zero-order valence-corrected chi connectivity index (χ0v) is 15.9. The topological polar surface area (TPSA) is 58.7 Å². The first-order valence-electron chi connectivity index (χ1n) is 8.61. The van der Waals surface area contributed by atoms with Crippen molar-refractivity contribution in [2.75, 3.05) is 0 Å². The van der Waals surface area contributed by atoms with Crippen LogP contribution < -0.4 is 5.56 Å². The van der Waals surface area contributed by atoms with E-state index in [0.29, 0.717) is 17.5 Å². The van der Waals surface area contributed by atoms with Crippen LogP contribution in [0, 0.1) is 25.2 Å². The van der Waals surface area contributed by atoms with E-state index in [1.165, 1.54) is 22.5 Å². The first-order valence-corrected chi connectivity index (χ1v) is 9.48. The molecule has 0 atom stereocenters. The van der Waals surface area contributed by atoms with E-state index in [4.69, 9.17) is 0 Å². The van der Waals surface area contributed by atoms with Crippen LogP contribution in [0.4, 0.5) is 0 Å². The van der Waals surface area contributed by atoms with Gasteiger partial charge in [0.15, 0.2) is 0 Å². The van der Waals surface area contributed by atoms with E-state index in [9.17, 15) is 10.1 Å². The summed E-state index contributed by atoms with van der Waals surface area (Å²) >= 11 is 1.48. The van der Waals surface area contributed by atoms with Crippen LogP contribution in [-0.2, 0) is 6.54 Å². The standard InChI is InChI=1S/C22H17N3OS/c1-14-7-8-16(9-15(14)2)19-12-27-21-20(19)22(26)25(13-24-21)11-18-6-4-3-5-17(18)10-23/h3-9,12-13H,11H2,1-2H3. The minimum absolute atomic E-state index is 0.0813. The van der Waals surface area contributed by atoms with Gasteiger partial charge in [0, 0.05) is 10.9 Å². The lowest BCUT2D eigenvalue weighted by Gasteiger charge is -2.08. The number of fused-ring (bicyclic) bond motifs is 1. The zero-order chi connectivity index (χ0) is 19.0. The van der Waals surface area contributed by atoms with Crippen molar-refractivity contribution in [3.8, 4) is 17.2 Å². The van der Waals surface area contributed by atoms with Crippen molar-refractivity contribution in [3.63, 3.8) is 0 Å². The van der Waals surface area contributed by atoms with Gasteiger partial charge in [-0.3, -0.25) is 9.36 Å². The Morgan fingerprint density at radius 2 is 1.96 bits per heavy atom. The van der Waals surface area contributed by atoms with Crippen LogP contribution in [-0.4, -0.2) is 9.55 Å². The fourth-order valence-corrected chi connectivity index (χ4v) is 4.06. The van der Waals surface area contributed by atoms with E-state index in [0.717, 1.165) is 21.5 Å². The Morgan fingerprint density at radius 1 is 1.15 bits per heavy atom. The van der Waals surface area contributed by atoms with Crippen LogP contribution >= 0.6 is 11.3 Å². The van der Waals surface area contributed by atoms with E-state index < -0.39 is 0 Å². The lowest BCUT2D eigenvalue weighted by atomic mass is 10.0. The minimum atomic E-state index is -0.0813. The lowest BCUT2D eigenvalue weighted by molar-refractivity contribution is 0.748. The molecule has 0 bridgehead atoms. The first-order chi connectivity index (χ1) is 13.1. The molecule has 0 aliphatic heterocycles. The number of hydrogen-bond donors (Lipinski definition) is 0. The molecule has 4 aromatic rings. The van der Waals surface area contributed by atoms with Crippen molar-refractivity contribution in [3.05, 3.63) is 86.8 Å². The van der Waals surface area contributed by atoms with Gasteiger partial charge < -0.3 is 0 Å². The Hall–Kier alpha value is -3.23. The van der Waals surface area contributed by atoms with Gasteiger partial charge in [-0.15, -0.1) is 11.3 Å². The van der Waals surface area contributed by atoms with Crippen LogP contribution in [0.15, 0.2) is 59.0 Å². The SMILES string of the molecule is Cc1ccc(-c2csc3ncn(Cc4ccccc4C#N)c(=O)c23)cc1C. The average Bonchev–Trinajstić information content (AvgIpc) is 3.11. The summed E-state index contributed by atoms with van der Waals surface area (Å²) in [6.07, 6.45) is 1.57. The van der Waals surface area contributed by atoms with Crippen LogP contribution in [0.5, 0.6) is 0 Å². The second-order valence-electron chi connectivity index (χ2n) is 6.58. The fraction of sp³-hybridized carbons (Fsp3) is 0.136. The monoisotopic (exact) mass is 371 g/mol. The smallest absolute Gasteiger partial charge is 0.263 e. The maximum atomic E-state index is 13.2. The highest BCUT2D eigenvalue weighted by Gasteiger charge is 2.14. The first kappa shape index (κ1) is 17.2. The summed E-state index contributed by atoms with van der Waals surface area (Å²) in [4.78, 5) is 18.4. The maximum absolute atomic E-state index is 13.2. The molecule has 4 rings (SSSR count). The van der Waals surface area contributed by atoms with Gasteiger partial charge in [0.05, 0.1) is 29.9 Å². The molecule has 0 fully saturated rings. The molecule has 132 valence electrons. The molecule has 2 aromatic heterocycles. The molecule has 2 aromatic carbocycles. The molecule has 0 amide bonds. The normalized spacial score (nSPS) is 10.9. The van der Waals surface area contributed by atoms with E-state index >= 15 is 0 Å². The largest absolute Gasteiger partial charge is 0.294 e. The van der Waals surface area contributed by atoms with Crippen LogP contribution in [0.1, 0.15) is 22.3 Å². The average molecular weight is 371 g/mol. The maximum Gasteiger partial charge on any atom is 0.263 e.